The summed E-state index contributed by atoms with van der Waals surface area (Å²) in [4.78, 5) is 0.461. The molecule has 4 heteroatoms. The third-order valence-electron chi connectivity index (χ3n) is 5.93. The van der Waals surface area contributed by atoms with Gasteiger partial charge in [-0.15, -0.1) is 0 Å². The predicted octanol–water partition coefficient (Wildman–Crippen LogP) is 3.47. The minimum atomic E-state index is -3.23. The minimum absolute atomic E-state index is 0.216. The summed E-state index contributed by atoms with van der Waals surface area (Å²) in [5.41, 5.74) is 1.36. The molecule has 0 bridgehead atoms. The van der Waals surface area contributed by atoms with Crippen LogP contribution in [0.1, 0.15) is 25.7 Å². The minimum Gasteiger partial charge on any atom is -0.376 e. The first-order valence-corrected chi connectivity index (χ1v) is 10.4. The molecular weight excluding hydrogens is 308 g/mol. The number of sulfone groups is 1. The Hall–Kier alpha value is -1.13. The second-order valence-electron chi connectivity index (χ2n) is 7.23. The van der Waals surface area contributed by atoms with Gasteiger partial charge in [0.1, 0.15) is 0 Å². The van der Waals surface area contributed by atoms with Crippen molar-refractivity contribution in [3.63, 3.8) is 0 Å². The molecule has 0 amide bonds. The van der Waals surface area contributed by atoms with Crippen LogP contribution in [-0.2, 0) is 14.6 Å². The molecule has 1 aliphatic heterocycles. The summed E-state index contributed by atoms with van der Waals surface area (Å²) in [6, 6.07) is 8.92. The van der Waals surface area contributed by atoms with Crippen molar-refractivity contribution in [1.82, 2.24) is 0 Å². The van der Waals surface area contributed by atoms with E-state index in [1.807, 2.05) is 6.07 Å². The summed E-state index contributed by atoms with van der Waals surface area (Å²) in [6.07, 6.45) is 7.31. The smallest absolute Gasteiger partial charge is 0.178 e. The van der Waals surface area contributed by atoms with Gasteiger partial charge >= 0.3 is 0 Å². The maximum Gasteiger partial charge on any atom is 0.178 e. The number of fused-ring (bicyclic) bond motifs is 2. The normalized spacial score (nSPS) is 33.7. The molecule has 4 unspecified atom stereocenters. The largest absolute Gasteiger partial charge is 0.376 e. The first-order valence-electron chi connectivity index (χ1n) is 8.71. The molecule has 1 aromatic carbocycles. The summed E-state index contributed by atoms with van der Waals surface area (Å²) < 4.78 is 31.5. The lowest BCUT2D eigenvalue weighted by Crippen LogP contribution is -2.39. The molecule has 2 fully saturated rings. The molecule has 3 nitrogen and oxygen atoms in total. The van der Waals surface area contributed by atoms with Crippen molar-refractivity contribution < 1.29 is 13.2 Å². The van der Waals surface area contributed by atoms with Gasteiger partial charge < -0.3 is 4.74 Å². The van der Waals surface area contributed by atoms with Crippen LogP contribution in [0.3, 0.4) is 0 Å². The Morgan fingerprint density at radius 1 is 1.09 bits per heavy atom. The van der Waals surface area contributed by atoms with Crippen molar-refractivity contribution in [2.24, 2.45) is 23.7 Å². The van der Waals surface area contributed by atoms with E-state index in [4.69, 9.17) is 4.74 Å². The molecule has 1 heterocycles. The van der Waals surface area contributed by atoms with E-state index in [1.165, 1.54) is 31.3 Å². The fourth-order valence-corrected chi connectivity index (χ4v) is 6.56. The highest BCUT2D eigenvalue weighted by molar-refractivity contribution is 7.91. The molecule has 1 saturated heterocycles. The van der Waals surface area contributed by atoms with Crippen LogP contribution in [0, 0.1) is 23.7 Å². The van der Waals surface area contributed by atoms with E-state index < -0.39 is 9.84 Å². The summed E-state index contributed by atoms with van der Waals surface area (Å²) in [7, 11) is -3.23. The molecule has 2 aliphatic carbocycles. The number of allylic oxidation sites excluding steroid dienone is 1. The summed E-state index contributed by atoms with van der Waals surface area (Å²) in [5.74, 6) is 1.87. The molecule has 4 atom stereocenters. The monoisotopic (exact) mass is 332 g/mol. The van der Waals surface area contributed by atoms with Crippen molar-refractivity contribution in [2.45, 2.75) is 30.6 Å². The summed E-state index contributed by atoms with van der Waals surface area (Å²) in [5, 5.41) is 0. The van der Waals surface area contributed by atoms with E-state index in [0.29, 0.717) is 35.9 Å². The lowest BCUT2D eigenvalue weighted by atomic mass is 9.64. The third kappa shape index (κ3) is 2.87. The Morgan fingerprint density at radius 3 is 2.70 bits per heavy atom. The van der Waals surface area contributed by atoms with Crippen LogP contribution < -0.4 is 0 Å². The third-order valence-corrected chi connectivity index (χ3v) is 7.74. The molecule has 23 heavy (non-hydrogen) atoms. The first-order chi connectivity index (χ1) is 11.1. The molecule has 0 N–H and O–H groups in total. The lowest BCUT2D eigenvalue weighted by molar-refractivity contribution is 0.125. The zero-order valence-corrected chi connectivity index (χ0v) is 14.2. The van der Waals surface area contributed by atoms with Crippen LogP contribution in [0.25, 0.3) is 0 Å². The van der Waals surface area contributed by atoms with E-state index in [9.17, 15) is 8.42 Å². The zero-order chi connectivity index (χ0) is 15.9. The van der Waals surface area contributed by atoms with Gasteiger partial charge in [-0.25, -0.2) is 8.42 Å². The van der Waals surface area contributed by atoms with E-state index in [0.717, 1.165) is 0 Å². The number of hydrogen-bond donors (Lipinski definition) is 0. The molecule has 1 aromatic rings. The van der Waals surface area contributed by atoms with Crippen molar-refractivity contribution in [1.29, 1.82) is 0 Å². The van der Waals surface area contributed by atoms with Crippen LogP contribution in [0.2, 0.25) is 0 Å². The Morgan fingerprint density at radius 2 is 1.87 bits per heavy atom. The van der Waals surface area contributed by atoms with Gasteiger partial charge in [-0.2, -0.15) is 0 Å². The maximum absolute atomic E-state index is 12.9. The predicted molar refractivity (Wildman–Crippen MR) is 89.8 cm³/mol. The van der Waals surface area contributed by atoms with Gasteiger partial charge in [-0.1, -0.05) is 37.1 Å². The Bertz CT molecular complexity index is 693. The standard InChI is InChI=1S/C19H24O3S/c20-23(21,16-7-2-1-3-8-16)13-19-17-9-5-4-6-14(17)10-15-11-22-12-18(15)19/h1-3,7-8,10,14,17-19H,4-6,9,11-13H2. The van der Waals surface area contributed by atoms with Crippen molar-refractivity contribution in [3.05, 3.63) is 42.0 Å². The Labute approximate surface area is 138 Å². The molecule has 1 saturated carbocycles. The molecule has 3 aliphatic rings. The second-order valence-corrected chi connectivity index (χ2v) is 9.27. The number of rotatable bonds is 3. The quantitative estimate of drug-likeness (QED) is 0.796. The van der Waals surface area contributed by atoms with Gasteiger partial charge in [0.05, 0.1) is 23.9 Å². The van der Waals surface area contributed by atoms with Crippen molar-refractivity contribution >= 4 is 9.84 Å². The van der Waals surface area contributed by atoms with E-state index in [-0.39, 0.29) is 11.7 Å². The average Bonchev–Trinajstić information content (AvgIpc) is 3.04. The van der Waals surface area contributed by atoms with Gasteiger partial charge in [-0.05, 0) is 48.3 Å². The van der Waals surface area contributed by atoms with Gasteiger partial charge in [0.15, 0.2) is 9.84 Å². The fraction of sp³-hybridized carbons (Fsp3) is 0.579. The fourth-order valence-electron chi connectivity index (χ4n) is 4.81. The van der Waals surface area contributed by atoms with E-state index >= 15 is 0 Å². The van der Waals surface area contributed by atoms with Crippen LogP contribution in [-0.4, -0.2) is 27.4 Å². The van der Waals surface area contributed by atoms with Crippen molar-refractivity contribution in [2.75, 3.05) is 19.0 Å². The van der Waals surface area contributed by atoms with Crippen molar-refractivity contribution in [3.8, 4) is 0 Å². The molecule has 0 aromatic heterocycles. The first kappa shape index (κ1) is 15.4. The van der Waals surface area contributed by atoms with Gasteiger partial charge in [0.25, 0.3) is 0 Å². The van der Waals surface area contributed by atoms with Gasteiger partial charge in [0.2, 0.25) is 0 Å². The zero-order valence-electron chi connectivity index (χ0n) is 13.4. The van der Waals surface area contributed by atoms with Gasteiger partial charge in [-0.3, -0.25) is 0 Å². The Balaban J connectivity index is 1.65. The van der Waals surface area contributed by atoms with E-state index in [1.54, 1.807) is 24.3 Å². The number of hydrogen-bond acceptors (Lipinski definition) is 3. The van der Waals surface area contributed by atoms with Gasteiger partial charge in [0, 0.05) is 5.92 Å². The van der Waals surface area contributed by atoms with E-state index in [2.05, 4.69) is 6.08 Å². The maximum atomic E-state index is 12.9. The van der Waals surface area contributed by atoms with Crippen LogP contribution >= 0.6 is 0 Å². The highest BCUT2D eigenvalue weighted by Crippen LogP contribution is 2.48. The molecule has 4 rings (SSSR count). The summed E-state index contributed by atoms with van der Waals surface area (Å²) in [6.45, 7) is 1.40. The van der Waals surface area contributed by atoms with Crippen LogP contribution in [0.5, 0.6) is 0 Å². The second kappa shape index (κ2) is 6.06. The molecular formula is C19H24O3S. The summed E-state index contributed by atoms with van der Waals surface area (Å²) >= 11 is 0. The Kier molecular flexibility index (Phi) is 4.06. The SMILES string of the molecule is O=S(=O)(CC1C2COCC2=CC2CCCCC21)c1ccccc1. The van der Waals surface area contributed by atoms with Crippen LogP contribution in [0.4, 0.5) is 0 Å². The van der Waals surface area contributed by atoms with Crippen LogP contribution in [0.15, 0.2) is 46.9 Å². The highest BCUT2D eigenvalue weighted by atomic mass is 32.2. The average molecular weight is 332 g/mol. The molecule has 0 radical (unpaired) electrons. The number of ether oxygens (including phenoxy) is 1. The molecule has 124 valence electrons. The topological polar surface area (TPSA) is 43.4 Å². The lowest BCUT2D eigenvalue weighted by Gasteiger charge is -2.42. The number of benzene rings is 1. The highest BCUT2D eigenvalue weighted by Gasteiger charge is 2.44. The molecule has 0 spiro atoms.